The first-order valence-electron chi connectivity index (χ1n) is 9.93. The van der Waals surface area contributed by atoms with Crippen molar-refractivity contribution < 1.29 is 9.53 Å². The molecule has 0 spiro atoms. The van der Waals surface area contributed by atoms with Crippen LogP contribution < -0.4 is 15.1 Å². The van der Waals surface area contributed by atoms with Gasteiger partial charge in [-0.3, -0.25) is 10.2 Å². The zero-order valence-electron chi connectivity index (χ0n) is 17.7. The second-order valence-electron chi connectivity index (χ2n) is 7.30. The van der Waals surface area contributed by atoms with Crippen LogP contribution >= 0.6 is 0 Å². The molecule has 0 unspecified atom stereocenters. The number of carbonyl (C=O) groups is 1. The molecule has 0 radical (unpaired) electrons. The van der Waals surface area contributed by atoms with E-state index in [4.69, 9.17) is 4.74 Å². The standard InChI is InChI=1S/C25H24N4O2/c1-28(2)21-13-9-18(10-14-21)17-23-25(30)29(24(26-23)19-7-5-4-6-8-19)27-20-11-15-22(31-3)16-12-20/h4-17,27H,1-3H3. The fourth-order valence-corrected chi connectivity index (χ4v) is 3.22. The molecule has 1 amide bonds. The minimum absolute atomic E-state index is 0.216. The maximum atomic E-state index is 13.2. The van der Waals surface area contributed by atoms with Gasteiger partial charge in [-0.05, 0) is 48.0 Å². The summed E-state index contributed by atoms with van der Waals surface area (Å²) in [5, 5.41) is 1.48. The molecule has 3 aromatic carbocycles. The summed E-state index contributed by atoms with van der Waals surface area (Å²) in [6.07, 6.45) is 1.81. The highest BCUT2D eigenvalue weighted by Crippen LogP contribution is 2.25. The van der Waals surface area contributed by atoms with Gasteiger partial charge in [-0.25, -0.2) is 4.99 Å². The number of carbonyl (C=O) groups excluding carboxylic acids is 1. The van der Waals surface area contributed by atoms with Gasteiger partial charge in [0.25, 0.3) is 5.91 Å². The summed E-state index contributed by atoms with van der Waals surface area (Å²) in [6, 6.07) is 25.0. The monoisotopic (exact) mass is 412 g/mol. The van der Waals surface area contributed by atoms with Crippen LogP contribution in [0.3, 0.4) is 0 Å². The number of amidine groups is 1. The Labute approximate surface area is 182 Å². The number of aliphatic imine (C=N–C) groups is 1. The van der Waals surface area contributed by atoms with Gasteiger partial charge in [-0.15, -0.1) is 0 Å². The molecule has 31 heavy (non-hydrogen) atoms. The van der Waals surface area contributed by atoms with Crippen LogP contribution in [0.15, 0.2) is 89.6 Å². The van der Waals surface area contributed by atoms with Crippen LogP contribution in [0.25, 0.3) is 6.08 Å². The number of anilines is 2. The third-order valence-corrected chi connectivity index (χ3v) is 4.94. The lowest BCUT2D eigenvalue weighted by atomic mass is 10.1. The van der Waals surface area contributed by atoms with Gasteiger partial charge in [0.15, 0.2) is 5.84 Å². The molecule has 6 nitrogen and oxygen atoms in total. The number of nitrogens with one attached hydrogen (secondary N) is 1. The minimum Gasteiger partial charge on any atom is -0.497 e. The Kier molecular flexibility index (Phi) is 5.71. The molecular formula is C25H24N4O2. The average Bonchev–Trinajstić information content (AvgIpc) is 3.10. The summed E-state index contributed by atoms with van der Waals surface area (Å²) < 4.78 is 5.21. The first-order chi connectivity index (χ1) is 15.0. The highest BCUT2D eigenvalue weighted by molar-refractivity contribution is 6.20. The van der Waals surface area contributed by atoms with Crippen LogP contribution in [0.5, 0.6) is 5.75 Å². The number of methoxy groups -OCH3 is 1. The van der Waals surface area contributed by atoms with Gasteiger partial charge < -0.3 is 9.64 Å². The molecule has 0 aromatic heterocycles. The molecule has 1 heterocycles. The molecule has 156 valence electrons. The molecule has 0 aliphatic carbocycles. The highest BCUT2D eigenvalue weighted by Gasteiger charge is 2.31. The zero-order chi connectivity index (χ0) is 21.8. The predicted octanol–water partition coefficient (Wildman–Crippen LogP) is 4.42. The lowest BCUT2D eigenvalue weighted by Crippen LogP contribution is -2.37. The van der Waals surface area contributed by atoms with Gasteiger partial charge in [0.1, 0.15) is 11.4 Å². The Hall–Kier alpha value is -4.06. The Morgan fingerprint density at radius 2 is 1.61 bits per heavy atom. The van der Waals surface area contributed by atoms with Gasteiger partial charge in [-0.1, -0.05) is 42.5 Å². The third kappa shape index (κ3) is 4.43. The first kappa shape index (κ1) is 20.2. The van der Waals surface area contributed by atoms with E-state index in [0.717, 1.165) is 28.3 Å². The number of hydrazine groups is 1. The fraction of sp³-hybridized carbons (Fsp3) is 0.120. The summed E-state index contributed by atoms with van der Waals surface area (Å²) in [4.78, 5) is 19.9. The van der Waals surface area contributed by atoms with Gasteiger partial charge in [-0.2, -0.15) is 5.01 Å². The number of ether oxygens (including phenoxy) is 1. The van der Waals surface area contributed by atoms with Crippen molar-refractivity contribution in [3.63, 3.8) is 0 Å². The zero-order valence-corrected chi connectivity index (χ0v) is 17.7. The predicted molar refractivity (Wildman–Crippen MR) is 125 cm³/mol. The molecule has 4 rings (SSSR count). The largest absolute Gasteiger partial charge is 0.497 e. The van der Waals surface area contributed by atoms with Gasteiger partial charge >= 0.3 is 0 Å². The van der Waals surface area contributed by atoms with E-state index in [0.29, 0.717) is 11.5 Å². The summed E-state index contributed by atoms with van der Waals surface area (Å²) in [6.45, 7) is 0. The number of rotatable bonds is 6. The molecular weight excluding hydrogens is 388 g/mol. The lowest BCUT2D eigenvalue weighted by molar-refractivity contribution is -0.121. The smallest absolute Gasteiger partial charge is 0.297 e. The second kappa shape index (κ2) is 8.75. The van der Waals surface area contributed by atoms with E-state index in [1.807, 2.05) is 97.9 Å². The van der Waals surface area contributed by atoms with Crippen molar-refractivity contribution in [1.82, 2.24) is 5.01 Å². The van der Waals surface area contributed by atoms with E-state index in [1.165, 1.54) is 5.01 Å². The summed E-state index contributed by atoms with van der Waals surface area (Å²) >= 11 is 0. The Morgan fingerprint density at radius 3 is 2.23 bits per heavy atom. The molecule has 0 saturated carbocycles. The van der Waals surface area contributed by atoms with Crippen LogP contribution in [-0.4, -0.2) is 38.0 Å². The van der Waals surface area contributed by atoms with E-state index >= 15 is 0 Å². The molecule has 1 N–H and O–H groups in total. The van der Waals surface area contributed by atoms with Crippen LogP contribution in [0.2, 0.25) is 0 Å². The molecule has 1 aliphatic heterocycles. The van der Waals surface area contributed by atoms with Crippen molar-refractivity contribution in [3.05, 3.63) is 95.7 Å². The van der Waals surface area contributed by atoms with Crippen LogP contribution in [0.4, 0.5) is 11.4 Å². The van der Waals surface area contributed by atoms with E-state index in [-0.39, 0.29) is 5.91 Å². The van der Waals surface area contributed by atoms with Crippen molar-refractivity contribution in [2.45, 2.75) is 0 Å². The molecule has 3 aromatic rings. The van der Waals surface area contributed by atoms with Crippen molar-refractivity contribution in [3.8, 4) is 5.75 Å². The first-order valence-corrected chi connectivity index (χ1v) is 9.93. The van der Waals surface area contributed by atoms with E-state index in [9.17, 15) is 4.79 Å². The van der Waals surface area contributed by atoms with Gasteiger partial charge in [0.05, 0.1) is 12.8 Å². The molecule has 0 atom stereocenters. The number of hydrogen-bond acceptors (Lipinski definition) is 5. The Balaban J connectivity index is 1.67. The van der Waals surface area contributed by atoms with Crippen molar-refractivity contribution >= 4 is 29.2 Å². The SMILES string of the molecule is COc1ccc(NN2C(=O)C(=Cc3ccc(N(C)C)cc3)N=C2c2ccccc2)cc1. The molecule has 0 saturated heterocycles. The van der Waals surface area contributed by atoms with Gasteiger partial charge in [0, 0.05) is 25.3 Å². The van der Waals surface area contributed by atoms with E-state index in [2.05, 4.69) is 10.4 Å². The molecule has 1 aliphatic rings. The second-order valence-corrected chi connectivity index (χ2v) is 7.30. The molecule has 0 bridgehead atoms. The maximum absolute atomic E-state index is 13.2. The normalized spacial score (nSPS) is 14.5. The summed E-state index contributed by atoms with van der Waals surface area (Å²) in [5.74, 6) is 1.08. The Morgan fingerprint density at radius 1 is 0.935 bits per heavy atom. The fourth-order valence-electron chi connectivity index (χ4n) is 3.22. The molecule has 6 heteroatoms. The summed E-state index contributed by atoms with van der Waals surface area (Å²) in [5.41, 5.74) is 7.17. The number of benzene rings is 3. The van der Waals surface area contributed by atoms with Crippen LogP contribution in [0, 0.1) is 0 Å². The minimum atomic E-state index is -0.216. The van der Waals surface area contributed by atoms with Crippen molar-refractivity contribution in [2.75, 3.05) is 31.5 Å². The lowest BCUT2D eigenvalue weighted by Gasteiger charge is -2.20. The van der Waals surface area contributed by atoms with Crippen LogP contribution in [0.1, 0.15) is 11.1 Å². The highest BCUT2D eigenvalue weighted by atomic mass is 16.5. The van der Waals surface area contributed by atoms with Crippen LogP contribution in [-0.2, 0) is 4.79 Å². The van der Waals surface area contributed by atoms with Crippen molar-refractivity contribution in [2.24, 2.45) is 4.99 Å². The third-order valence-electron chi connectivity index (χ3n) is 4.94. The summed E-state index contributed by atoms with van der Waals surface area (Å²) in [7, 11) is 5.61. The van der Waals surface area contributed by atoms with E-state index in [1.54, 1.807) is 13.2 Å². The average molecular weight is 412 g/mol. The maximum Gasteiger partial charge on any atom is 0.297 e. The number of nitrogens with zero attached hydrogens (tertiary/aromatic N) is 3. The number of hydrogen-bond donors (Lipinski definition) is 1. The topological polar surface area (TPSA) is 57.2 Å². The van der Waals surface area contributed by atoms with E-state index < -0.39 is 0 Å². The molecule has 0 fully saturated rings. The number of amides is 1. The Bertz CT molecular complexity index is 1120. The van der Waals surface area contributed by atoms with Crippen molar-refractivity contribution in [1.29, 1.82) is 0 Å². The quantitative estimate of drug-likeness (QED) is 0.609. The van der Waals surface area contributed by atoms with Gasteiger partial charge in [0.2, 0.25) is 0 Å².